The van der Waals surface area contributed by atoms with E-state index in [0.717, 1.165) is 5.56 Å². The van der Waals surface area contributed by atoms with E-state index in [1.54, 1.807) is 24.3 Å². The van der Waals surface area contributed by atoms with Crippen molar-refractivity contribution in [3.63, 3.8) is 0 Å². The highest BCUT2D eigenvalue weighted by molar-refractivity contribution is 7.88. The van der Waals surface area contributed by atoms with Crippen molar-refractivity contribution < 1.29 is 18.3 Å². The fraction of sp³-hybridized carbons (Fsp3) is 0.267. The van der Waals surface area contributed by atoms with Crippen LogP contribution in [0.1, 0.15) is 22.9 Å². The molecule has 126 valence electrons. The van der Waals surface area contributed by atoms with Crippen molar-refractivity contribution in [1.82, 2.24) is 14.5 Å². The molecule has 0 saturated heterocycles. The molecule has 0 aliphatic heterocycles. The van der Waals surface area contributed by atoms with Crippen LogP contribution in [-0.2, 0) is 34.0 Å². The van der Waals surface area contributed by atoms with Gasteiger partial charge in [-0.05, 0) is 17.2 Å². The second-order valence-electron chi connectivity index (χ2n) is 5.18. The number of carbonyl (C=O) groups is 1. The summed E-state index contributed by atoms with van der Waals surface area (Å²) < 4.78 is 28.0. The highest BCUT2D eigenvalue weighted by Crippen LogP contribution is 2.15. The average Bonchev–Trinajstić information content (AvgIpc) is 2.92. The Balaban J connectivity index is 2.16. The summed E-state index contributed by atoms with van der Waals surface area (Å²) in [7, 11) is -2.35. The molecule has 1 atom stereocenters. The molecule has 0 spiro atoms. The Labute approximate surface area is 139 Å². The molecule has 24 heavy (non-hydrogen) atoms. The van der Waals surface area contributed by atoms with E-state index in [0.29, 0.717) is 5.56 Å². The van der Waals surface area contributed by atoms with Gasteiger partial charge in [-0.15, -0.1) is 0 Å². The summed E-state index contributed by atoms with van der Waals surface area (Å²) in [5, 5.41) is 21.8. The molecular weight excluding hydrogens is 332 g/mol. The molecule has 0 amide bonds. The second kappa shape index (κ2) is 7.25. The Morgan fingerprint density at radius 3 is 2.46 bits per heavy atom. The SMILES string of the molecule is Cn1nccc1C(NS(=O)(=O)Cc1ccc(CC#N)cc1)C(=O)O. The Hall–Kier alpha value is -2.70. The van der Waals surface area contributed by atoms with Crippen molar-refractivity contribution in [1.29, 1.82) is 5.26 Å². The highest BCUT2D eigenvalue weighted by atomic mass is 32.2. The van der Waals surface area contributed by atoms with Gasteiger partial charge < -0.3 is 5.11 Å². The minimum atomic E-state index is -3.88. The first-order valence-electron chi connectivity index (χ1n) is 6.98. The number of hydrogen-bond donors (Lipinski definition) is 2. The minimum absolute atomic E-state index is 0.232. The van der Waals surface area contributed by atoms with Gasteiger partial charge in [0, 0.05) is 13.2 Å². The molecule has 1 unspecified atom stereocenters. The Morgan fingerprint density at radius 1 is 1.33 bits per heavy atom. The van der Waals surface area contributed by atoms with E-state index < -0.39 is 22.0 Å². The third-order valence-corrected chi connectivity index (χ3v) is 4.67. The number of nitrogens with zero attached hydrogens (tertiary/aromatic N) is 3. The predicted molar refractivity (Wildman–Crippen MR) is 85.1 cm³/mol. The zero-order valence-corrected chi connectivity index (χ0v) is 13.7. The maximum Gasteiger partial charge on any atom is 0.327 e. The van der Waals surface area contributed by atoms with Crippen LogP contribution in [-0.4, -0.2) is 29.3 Å². The second-order valence-corrected chi connectivity index (χ2v) is 6.93. The lowest BCUT2D eigenvalue weighted by Gasteiger charge is -2.15. The number of sulfonamides is 1. The fourth-order valence-corrected chi connectivity index (χ4v) is 3.49. The lowest BCUT2D eigenvalue weighted by atomic mass is 10.1. The summed E-state index contributed by atoms with van der Waals surface area (Å²) in [5.41, 5.74) is 1.51. The summed E-state index contributed by atoms with van der Waals surface area (Å²) in [6.45, 7) is 0. The number of aryl methyl sites for hydroxylation is 1. The van der Waals surface area contributed by atoms with E-state index in [1.165, 1.54) is 24.0 Å². The van der Waals surface area contributed by atoms with Gasteiger partial charge in [-0.1, -0.05) is 24.3 Å². The molecule has 9 heteroatoms. The third-order valence-electron chi connectivity index (χ3n) is 3.36. The summed E-state index contributed by atoms with van der Waals surface area (Å²) in [4.78, 5) is 11.4. The van der Waals surface area contributed by atoms with Crippen LogP contribution in [0, 0.1) is 11.3 Å². The Kier molecular flexibility index (Phi) is 5.33. The summed E-state index contributed by atoms with van der Waals surface area (Å²) in [6.07, 6.45) is 1.64. The zero-order chi connectivity index (χ0) is 17.7. The van der Waals surface area contributed by atoms with Gasteiger partial charge in [0.25, 0.3) is 0 Å². The molecule has 0 radical (unpaired) electrons. The number of aromatic nitrogens is 2. The quantitative estimate of drug-likeness (QED) is 0.760. The maximum absolute atomic E-state index is 12.3. The van der Waals surface area contributed by atoms with Crippen LogP contribution in [0.5, 0.6) is 0 Å². The molecule has 1 aromatic heterocycles. The summed E-state index contributed by atoms with van der Waals surface area (Å²) >= 11 is 0. The molecule has 0 aliphatic rings. The zero-order valence-electron chi connectivity index (χ0n) is 12.9. The molecule has 0 fully saturated rings. The van der Waals surface area contributed by atoms with E-state index in [-0.39, 0.29) is 17.9 Å². The van der Waals surface area contributed by atoms with Crippen molar-refractivity contribution in [2.75, 3.05) is 0 Å². The van der Waals surface area contributed by atoms with Crippen LogP contribution in [0.4, 0.5) is 0 Å². The minimum Gasteiger partial charge on any atom is -0.480 e. The number of rotatable bonds is 7. The van der Waals surface area contributed by atoms with Crippen molar-refractivity contribution >= 4 is 16.0 Å². The average molecular weight is 348 g/mol. The third kappa shape index (κ3) is 4.41. The van der Waals surface area contributed by atoms with Gasteiger partial charge in [-0.25, -0.2) is 8.42 Å². The first kappa shape index (κ1) is 17.7. The summed E-state index contributed by atoms with van der Waals surface area (Å²) in [6, 6.07) is 8.58. The first-order chi connectivity index (χ1) is 11.3. The number of carboxylic acids is 1. The molecule has 0 aliphatic carbocycles. The molecule has 2 N–H and O–H groups in total. The van der Waals surface area contributed by atoms with Gasteiger partial charge in [-0.3, -0.25) is 9.48 Å². The Bertz CT molecular complexity index is 866. The van der Waals surface area contributed by atoms with Crippen molar-refractivity contribution in [3.8, 4) is 6.07 Å². The van der Waals surface area contributed by atoms with Gasteiger partial charge in [0.1, 0.15) is 0 Å². The van der Waals surface area contributed by atoms with Crippen molar-refractivity contribution in [2.45, 2.75) is 18.2 Å². The molecular formula is C15H16N4O4S. The van der Waals surface area contributed by atoms with Crippen LogP contribution in [0.15, 0.2) is 36.5 Å². The number of nitriles is 1. The first-order valence-corrected chi connectivity index (χ1v) is 8.63. The number of carboxylic acid groups (broad SMARTS) is 1. The van der Waals surface area contributed by atoms with Crippen LogP contribution >= 0.6 is 0 Å². The van der Waals surface area contributed by atoms with Crippen LogP contribution < -0.4 is 4.72 Å². The van der Waals surface area contributed by atoms with Crippen LogP contribution in [0.2, 0.25) is 0 Å². The topological polar surface area (TPSA) is 125 Å². The van der Waals surface area contributed by atoms with E-state index in [9.17, 15) is 18.3 Å². The normalized spacial score (nSPS) is 12.5. The number of hydrogen-bond acceptors (Lipinski definition) is 5. The molecule has 8 nitrogen and oxygen atoms in total. The van der Waals surface area contributed by atoms with Gasteiger partial charge in [0.15, 0.2) is 6.04 Å². The smallest absolute Gasteiger partial charge is 0.327 e. The highest BCUT2D eigenvalue weighted by Gasteiger charge is 2.28. The van der Waals surface area contributed by atoms with E-state index in [4.69, 9.17) is 5.26 Å². The lowest BCUT2D eigenvalue weighted by Crippen LogP contribution is -2.35. The Morgan fingerprint density at radius 2 is 1.96 bits per heavy atom. The van der Waals surface area contributed by atoms with Gasteiger partial charge in [0.2, 0.25) is 10.0 Å². The molecule has 2 aromatic rings. The summed E-state index contributed by atoms with van der Waals surface area (Å²) in [5.74, 6) is -1.67. The van der Waals surface area contributed by atoms with Gasteiger partial charge in [-0.2, -0.15) is 15.1 Å². The maximum atomic E-state index is 12.3. The molecule has 0 saturated carbocycles. The molecule has 2 rings (SSSR count). The number of aliphatic carboxylic acids is 1. The monoisotopic (exact) mass is 348 g/mol. The van der Waals surface area contributed by atoms with Crippen LogP contribution in [0.3, 0.4) is 0 Å². The predicted octanol–water partition coefficient (Wildman–Crippen LogP) is 0.731. The number of benzene rings is 1. The molecule has 0 bridgehead atoms. The molecule has 1 aromatic carbocycles. The lowest BCUT2D eigenvalue weighted by molar-refractivity contribution is -0.139. The van der Waals surface area contributed by atoms with E-state index in [2.05, 4.69) is 9.82 Å². The fourth-order valence-electron chi connectivity index (χ4n) is 2.19. The van der Waals surface area contributed by atoms with Gasteiger partial charge in [0.05, 0.1) is 23.9 Å². The number of nitrogens with one attached hydrogen (secondary N) is 1. The standard InChI is InChI=1S/C15H16N4O4S/c1-19-13(7-9-17-19)14(15(20)21)18-24(22,23)10-12-4-2-11(3-5-12)6-8-16/h2-5,7,9,14,18H,6,10H2,1H3,(H,20,21). The van der Waals surface area contributed by atoms with Crippen LogP contribution in [0.25, 0.3) is 0 Å². The van der Waals surface area contributed by atoms with E-state index in [1.807, 2.05) is 6.07 Å². The van der Waals surface area contributed by atoms with Crippen molar-refractivity contribution in [2.24, 2.45) is 7.05 Å². The molecule has 1 heterocycles. The largest absolute Gasteiger partial charge is 0.480 e. The van der Waals surface area contributed by atoms with Crippen molar-refractivity contribution in [3.05, 3.63) is 53.3 Å². The van der Waals surface area contributed by atoms with Gasteiger partial charge >= 0.3 is 5.97 Å². The van der Waals surface area contributed by atoms with E-state index >= 15 is 0 Å².